The van der Waals surface area contributed by atoms with Crippen LogP contribution in [0.1, 0.15) is 25.3 Å². The van der Waals surface area contributed by atoms with E-state index < -0.39 is 17.9 Å². The molecular weight excluding hydrogens is 425 g/mol. The topological polar surface area (TPSA) is 84.9 Å². The first kappa shape index (κ1) is 18.3. The number of hydrogen-bond acceptors (Lipinski definition) is 6. The van der Waals surface area contributed by atoms with Crippen molar-refractivity contribution < 1.29 is 24.2 Å². The van der Waals surface area contributed by atoms with Crippen LogP contribution in [-0.2, 0) is 19.1 Å². The van der Waals surface area contributed by atoms with E-state index in [4.69, 9.17) is 9.47 Å². The standard InChI is InChI=1S/C17H18INO5/c1-8-13(16(21)23-3)15(10-5-6-12(20)11(18)7-10)14(9(2)19-8)17(22)24-4/h5-7,15,19-20H,1-4H3. The number of phenols is 1. The second-order valence-corrected chi connectivity index (χ2v) is 6.49. The lowest BCUT2D eigenvalue weighted by atomic mass is 9.80. The molecule has 24 heavy (non-hydrogen) atoms. The van der Waals surface area contributed by atoms with E-state index in [1.807, 2.05) is 22.6 Å². The van der Waals surface area contributed by atoms with Crippen LogP contribution in [0.3, 0.4) is 0 Å². The van der Waals surface area contributed by atoms with Gasteiger partial charge in [-0.3, -0.25) is 0 Å². The van der Waals surface area contributed by atoms with Gasteiger partial charge in [-0.1, -0.05) is 6.07 Å². The SMILES string of the molecule is COC(=O)C1=C(C)NC(C)=C(C(=O)OC)C1c1ccc(O)c(I)c1. The summed E-state index contributed by atoms with van der Waals surface area (Å²) in [6, 6.07) is 4.95. The van der Waals surface area contributed by atoms with E-state index in [0.29, 0.717) is 31.7 Å². The number of esters is 2. The lowest BCUT2D eigenvalue weighted by molar-refractivity contribution is -0.137. The summed E-state index contributed by atoms with van der Waals surface area (Å²) >= 11 is 1.99. The molecule has 0 aromatic heterocycles. The molecule has 1 aliphatic rings. The molecule has 1 aromatic carbocycles. The van der Waals surface area contributed by atoms with Crippen molar-refractivity contribution in [1.29, 1.82) is 0 Å². The van der Waals surface area contributed by atoms with Gasteiger partial charge >= 0.3 is 11.9 Å². The molecule has 0 bridgehead atoms. The quantitative estimate of drug-likeness (QED) is 0.552. The summed E-state index contributed by atoms with van der Waals surface area (Å²) in [7, 11) is 2.59. The van der Waals surface area contributed by atoms with Crippen LogP contribution in [0.4, 0.5) is 0 Å². The van der Waals surface area contributed by atoms with Crippen molar-refractivity contribution in [3.8, 4) is 5.75 Å². The number of aromatic hydroxyl groups is 1. The number of phenolic OH excluding ortho intramolecular Hbond substituents is 1. The maximum Gasteiger partial charge on any atom is 0.336 e. The van der Waals surface area contributed by atoms with Gasteiger partial charge in [-0.2, -0.15) is 0 Å². The first-order valence-electron chi connectivity index (χ1n) is 7.15. The summed E-state index contributed by atoms with van der Waals surface area (Å²) in [5, 5.41) is 12.8. The first-order chi connectivity index (χ1) is 11.3. The number of hydrogen-bond donors (Lipinski definition) is 2. The maximum absolute atomic E-state index is 12.3. The van der Waals surface area contributed by atoms with Gasteiger partial charge < -0.3 is 19.9 Å². The number of rotatable bonds is 3. The number of halogens is 1. The van der Waals surface area contributed by atoms with Gasteiger partial charge in [0.15, 0.2) is 0 Å². The van der Waals surface area contributed by atoms with Gasteiger partial charge in [0.2, 0.25) is 0 Å². The molecule has 0 aliphatic carbocycles. The smallest absolute Gasteiger partial charge is 0.336 e. The monoisotopic (exact) mass is 443 g/mol. The summed E-state index contributed by atoms with van der Waals surface area (Å²) in [5.41, 5.74) is 2.59. The zero-order valence-electron chi connectivity index (χ0n) is 13.8. The van der Waals surface area contributed by atoms with Gasteiger partial charge in [0.1, 0.15) is 5.75 Å². The van der Waals surface area contributed by atoms with E-state index in [0.717, 1.165) is 0 Å². The fourth-order valence-corrected chi connectivity index (χ4v) is 3.33. The lowest BCUT2D eigenvalue weighted by Crippen LogP contribution is -2.32. The average molecular weight is 443 g/mol. The normalized spacial score (nSPS) is 15.2. The second-order valence-electron chi connectivity index (χ2n) is 5.33. The van der Waals surface area contributed by atoms with Crippen LogP contribution in [0.25, 0.3) is 0 Å². The number of ether oxygens (including phenoxy) is 2. The van der Waals surface area contributed by atoms with Gasteiger partial charge in [-0.05, 0) is 54.1 Å². The van der Waals surface area contributed by atoms with Gasteiger partial charge in [-0.15, -0.1) is 0 Å². The molecule has 0 spiro atoms. The van der Waals surface area contributed by atoms with E-state index >= 15 is 0 Å². The molecule has 0 radical (unpaired) electrons. The van der Waals surface area contributed by atoms with Crippen LogP contribution in [0, 0.1) is 3.57 Å². The fraction of sp³-hybridized carbons (Fsp3) is 0.294. The molecular formula is C17H18INO5. The van der Waals surface area contributed by atoms with Crippen molar-refractivity contribution >= 4 is 34.5 Å². The van der Waals surface area contributed by atoms with Crippen LogP contribution in [-0.4, -0.2) is 31.3 Å². The molecule has 1 aliphatic heterocycles. The minimum atomic E-state index is -0.639. The van der Waals surface area contributed by atoms with Crippen molar-refractivity contribution in [2.45, 2.75) is 19.8 Å². The van der Waals surface area contributed by atoms with Gasteiger partial charge in [0.05, 0.1) is 34.9 Å². The summed E-state index contributed by atoms with van der Waals surface area (Å²) in [4.78, 5) is 24.7. The second kappa shape index (κ2) is 7.25. The van der Waals surface area contributed by atoms with Crippen molar-refractivity contribution in [1.82, 2.24) is 5.32 Å². The van der Waals surface area contributed by atoms with E-state index in [9.17, 15) is 14.7 Å². The lowest BCUT2D eigenvalue weighted by Gasteiger charge is -2.30. The van der Waals surface area contributed by atoms with Gasteiger partial charge in [0.25, 0.3) is 0 Å². The molecule has 7 heteroatoms. The molecule has 0 fully saturated rings. The third-order valence-electron chi connectivity index (χ3n) is 3.88. The molecule has 0 saturated heterocycles. The largest absolute Gasteiger partial charge is 0.507 e. The molecule has 2 rings (SSSR count). The summed E-state index contributed by atoms with van der Waals surface area (Å²) in [6.07, 6.45) is 0. The van der Waals surface area contributed by atoms with Gasteiger partial charge in [-0.25, -0.2) is 9.59 Å². The van der Waals surface area contributed by atoms with E-state index in [2.05, 4.69) is 5.32 Å². The molecule has 0 unspecified atom stereocenters. The predicted molar refractivity (Wildman–Crippen MR) is 96.1 cm³/mol. The number of carbonyl (C=O) groups is 2. The van der Waals surface area contributed by atoms with Gasteiger partial charge in [0, 0.05) is 11.4 Å². The molecule has 0 atom stereocenters. The predicted octanol–water partition coefficient (Wildman–Crippen LogP) is 2.58. The van der Waals surface area contributed by atoms with Crippen LogP contribution in [0.2, 0.25) is 0 Å². The minimum absolute atomic E-state index is 0.133. The van der Waals surface area contributed by atoms with Crippen LogP contribution >= 0.6 is 22.6 Å². The van der Waals surface area contributed by atoms with Crippen molar-refractivity contribution in [2.24, 2.45) is 0 Å². The number of dihydropyridines is 1. The molecule has 0 saturated carbocycles. The Kier molecular flexibility index (Phi) is 5.53. The molecule has 1 aromatic rings. The highest BCUT2D eigenvalue weighted by atomic mass is 127. The average Bonchev–Trinajstić information content (AvgIpc) is 2.55. The number of benzene rings is 1. The van der Waals surface area contributed by atoms with Crippen LogP contribution in [0.15, 0.2) is 40.7 Å². The summed E-state index contributed by atoms with van der Waals surface area (Å²) in [6.45, 7) is 3.50. The van der Waals surface area contributed by atoms with E-state index in [1.165, 1.54) is 20.3 Å². The third-order valence-corrected chi connectivity index (χ3v) is 4.74. The zero-order chi connectivity index (χ0) is 18.0. The van der Waals surface area contributed by atoms with Crippen molar-refractivity contribution in [3.05, 3.63) is 49.9 Å². The molecule has 1 heterocycles. The number of methoxy groups -OCH3 is 2. The van der Waals surface area contributed by atoms with Crippen molar-refractivity contribution in [2.75, 3.05) is 14.2 Å². The Morgan fingerprint density at radius 1 is 1.08 bits per heavy atom. The Labute approximate surface area is 153 Å². The number of carbonyl (C=O) groups excluding carboxylic acids is 2. The highest BCUT2D eigenvalue weighted by molar-refractivity contribution is 14.1. The zero-order valence-corrected chi connectivity index (χ0v) is 15.9. The molecule has 0 amide bonds. The molecule has 6 nitrogen and oxygen atoms in total. The maximum atomic E-state index is 12.3. The first-order valence-corrected chi connectivity index (χ1v) is 8.23. The highest BCUT2D eigenvalue weighted by Gasteiger charge is 2.37. The van der Waals surface area contributed by atoms with Crippen LogP contribution < -0.4 is 5.32 Å². The molecule has 2 N–H and O–H groups in total. The third kappa shape index (κ3) is 3.26. The number of allylic oxidation sites excluding steroid dienone is 2. The summed E-state index contributed by atoms with van der Waals surface area (Å²) in [5.74, 6) is -1.56. The van der Waals surface area contributed by atoms with E-state index in [-0.39, 0.29) is 5.75 Å². The Morgan fingerprint density at radius 3 is 2.00 bits per heavy atom. The number of nitrogens with one attached hydrogen (secondary N) is 1. The minimum Gasteiger partial charge on any atom is -0.507 e. The Hall–Kier alpha value is -2.03. The van der Waals surface area contributed by atoms with Crippen LogP contribution in [0.5, 0.6) is 5.75 Å². The Morgan fingerprint density at radius 2 is 1.58 bits per heavy atom. The highest BCUT2D eigenvalue weighted by Crippen LogP contribution is 2.40. The summed E-state index contributed by atoms with van der Waals surface area (Å²) < 4.78 is 10.4. The van der Waals surface area contributed by atoms with Crippen molar-refractivity contribution in [3.63, 3.8) is 0 Å². The Balaban J connectivity index is 2.71. The van der Waals surface area contributed by atoms with E-state index in [1.54, 1.807) is 26.0 Å². The molecule has 128 valence electrons. The Bertz CT molecular complexity index is 728. The fourth-order valence-electron chi connectivity index (χ4n) is 2.79.